The number of nitrogens with zero attached hydrogens (tertiary/aromatic N) is 1. The van der Waals surface area contributed by atoms with Crippen molar-refractivity contribution in [2.24, 2.45) is 35.5 Å². The summed E-state index contributed by atoms with van der Waals surface area (Å²) in [5.41, 5.74) is 3.21. The third kappa shape index (κ3) is 2.73. The van der Waals surface area contributed by atoms with Crippen molar-refractivity contribution in [2.45, 2.75) is 20.3 Å². The van der Waals surface area contributed by atoms with Crippen LogP contribution in [0.2, 0.25) is 0 Å². The average Bonchev–Trinajstić information content (AvgIpc) is 3.58. The van der Waals surface area contributed by atoms with Crippen molar-refractivity contribution < 1.29 is 19.1 Å². The van der Waals surface area contributed by atoms with Crippen LogP contribution in [-0.4, -0.2) is 24.2 Å². The molecular formula is C27H25NO4. The van der Waals surface area contributed by atoms with Gasteiger partial charge in [-0.3, -0.25) is 14.4 Å². The highest BCUT2D eigenvalue weighted by molar-refractivity contribution is 6.23. The van der Waals surface area contributed by atoms with Crippen LogP contribution >= 0.6 is 0 Å². The van der Waals surface area contributed by atoms with Crippen molar-refractivity contribution in [2.75, 3.05) is 11.5 Å². The number of aryl methyl sites for hydroxylation is 2. The lowest BCUT2D eigenvalue weighted by molar-refractivity contribution is -0.124. The number of imide groups is 1. The summed E-state index contributed by atoms with van der Waals surface area (Å²) in [4.78, 5) is 40.9. The summed E-state index contributed by atoms with van der Waals surface area (Å²) in [5.74, 6) is 0.954. The highest BCUT2D eigenvalue weighted by Gasteiger charge is 2.67. The molecule has 1 aliphatic heterocycles. The second-order valence-electron chi connectivity index (χ2n) is 9.65. The molecular weight excluding hydrogens is 402 g/mol. The number of anilines is 1. The van der Waals surface area contributed by atoms with E-state index in [2.05, 4.69) is 12.2 Å². The third-order valence-electron chi connectivity index (χ3n) is 7.96. The Balaban J connectivity index is 1.25. The number of para-hydroxylation sites is 2. The number of ether oxygens (including phenoxy) is 1. The molecule has 0 radical (unpaired) electrons. The molecule has 2 saturated carbocycles. The summed E-state index contributed by atoms with van der Waals surface area (Å²) in [6, 6.07) is 12.6. The van der Waals surface area contributed by atoms with Crippen molar-refractivity contribution in [1.82, 2.24) is 0 Å². The highest BCUT2D eigenvalue weighted by Crippen LogP contribution is 2.65. The van der Waals surface area contributed by atoms with E-state index in [0.29, 0.717) is 28.8 Å². The van der Waals surface area contributed by atoms with Gasteiger partial charge in [0.15, 0.2) is 12.4 Å². The molecule has 2 bridgehead atoms. The maximum atomic E-state index is 13.4. The van der Waals surface area contributed by atoms with Crippen molar-refractivity contribution in [3.8, 4) is 5.75 Å². The Bertz CT molecular complexity index is 1160. The van der Waals surface area contributed by atoms with Gasteiger partial charge in [0.25, 0.3) is 0 Å². The van der Waals surface area contributed by atoms with Crippen molar-refractivity contribution >= 4 is 23.3 Å². The molecule has 2 amide bonds. The maximum Gasteiger partial charge on any atom is 0.238 e. The molecule has 0 N–H and O–H groups in total. The minimum Gasteiger partial charge on any atom is -0.483 e. The van der Waals surface area contributed by atoms with Gasteiger partial charge in [0.2, 0.25) is 11.8 Å². The molecule has 5 heteroatoms. The van der Waals surface area contributed by atoms with Gasteiger partial charge in [-0.2, -0.15) is 0 Å². The predicted molar refractivity (Wildman–Crippen MR) is 119 cm³/mol. The molecule has 1 heterocycles. The quantitative estimate of drug-likeness (QED) is 0.409. The summed E-state index contributed by atoms with van der Waals surface area (Å²) in [7, 11) is 0. The SMILES string of the molecule is Cc1ccc(C(=O)COc2ccccc2N2C(=O)[C@H]3[C@@H]4C=C[C@H]([C@@H]5C[C@H]45)[C@@H]3C2=O)cc1C. The fourth-order valence-corrected chi connectivity index (χ4v) is 6.10. The first kappa shape index (κ1) is 19.5. The molecule has 162 valence electrons. The Morgan fingerprint density at radius 3 is 2.25 bits per heavy atom. The number of carbonyl (C=O) groups excluding carboxylic acids is 3. The van der Waals surface area contributed by atoms with E-state index in [0.717, 1.165) is 17.5 Å². The first-order valence-electron chi connectivity index (χ1n) is 11.3. The smallest absolute Gasteiger partial charge is 0.238 e. The Labute approximate surface area is 187 Å². The van der Waals surface area contributed by atoms with Crippen LogP contribution in [-0.2, 0) is 9.59 Å². The molecule has 4 aliphatic carbocycles. The Morgan fingerprint density at radius 1 is 0.938 bits per heavy atom. The van der Waals surface area contributed by atoms with Crippen molar-refractivity contribution in [3.63, 3.8) is 0 Å². The number of benzene rings is 2. The minimum atomic E-state index is -0.258. The van der Waals surface area contributed by atoms with Gasteiger partial charge in [0, 0.05) is 5.56 Å². The van der Waals surface area contributed by atoms with Crippen molar-refractivity contribution in [3.05, 3.63) is 71.3 Å². The van der Waals surface area contributed by atoms with Gasteiger partial charge in [-0.15, -0.1) is 0 Å². The second-order valence-corrected chi connectivity index (χ2v) is 9.65. The zero-order chi connectivity index (χ0) is 22.1. The predicted octanol–water partition coefficient (Wildman–Crippen LogP) is 4.12. The zero-order valence-corrected chi connectivity index (χ0v) is 18.2. The first-order valence-corrected chi connectivity index (χ1v) is 11.3. The van der Waals surface area contributed by atoms with E-state index in [1.807, 2.05) is 26.0 Å². The van der Waals surface area contributed by atoms with E-state index in [-0.39, 0.29) is 47.9 Å². The highest BCUT2D eigenvalue weighted by atomic mass is 16.5. The van der Waals surface area contributed by atoms with Gasteiger partial charge in [0.05, 0.1) is 17.5 Å². The molecule has 0 spiro atoms. The van der Waals surface area contributed by atoms with Gasteiger partial charge >= 0.3 is 0 Å². The van der Waals surface area contributed by atoms with Crippen LogP contribution in [0.1, 0.15) is 27.9 Å². The summed E-state index contributed by atoms with van der Waals surface area (Å²) >= 11 is 0. The molecule has 3 fully saturated rings. The lowest BCUT2D eigenvalue weighted by Gasteiger charge is -2.37. The minimum absolute atomic E-state index is 0.124. The normalized spacial score (nSPS) is 31.5. The van der Waals surface area contributed by atoms with Gasteiger partial charge < -0.3 is 4.74 Å². The topological polar surface area (TPSA) is 63.7 Å². The number of amides is 2. The molecule has 5 nitrogen and oxygen atoms in total. The standard InChI is InChI=1S/C27H25NO4/c1-14-7-8-16(11-15(14)2)22(29)13-32-23-6-4-3-5-21(23)28-26(30)24-17-9-10-18(20-12-19(17)20)25(24)27(28)31/h3-11,17-20,24-25H,12-13H2,1-2H3/t17-,18-,19-,20+,24+,25+/m1/s1. The molecule has 0 aromatic heterocycles. The maximum absolute atomic E-state index is 13.4. The molecule has 5 aliphatic rings. The molecule has 2 aromatic rings. The molecule has 2 aromatic carbocycles. The van der Waals surface area contributed by atoms with Crippen LogP contribution in [0.4, 0.5) is 5.69 Å². The largest absolute Gasteiger partial charge is 0.483 e. The number of carbonyl (C=O) groups is 3. The fourth-order valence-electron chi connectivity index (χ4n) is 6.10. The van der Waals surface area contributed by atoms with Crippen LogP contribution in [0.5, 0.6) is 5.75 Å². The Hall–Kier alpha value is -3.21. The van der Waals surface area contributed by atoms with E-state index >= 15 is 0 Å². The lowest BCUT2D eigenvalue weighted by atomic mass is 9.63. The van der Waals surface area contributed by atoms with Gasteiger partial charge in [-0.1, -0.05) is 36.4 Å². The third-order valence-corrected chi connectivity index (χ3v) is 7.96. The van der Waals surface area contributed by atoms with Crippen LogP contribution < -0.4 is 9.64 Å². The van der Waals surface area contributed by atoms with E-state index in [1.165, 1.54) is 4.90 Å². The second kappa shape index (κ2) is 6.89. The van der Waals surface area contributed by atoms with E-state index in [1.54, 1.807) is 30.3 Å². The van der Waals surface area contributed by atoms with Crippen molar-refractivity contribution in [1.29, 1.82) is 0 Å². The zero-order valence-electron chi connectivity index (χ0n) is 18.2. The number of Topliss-reactive ketones (excluding diaryl/α,β-unsaturated/α-hetero) is 1. The van der Waals surface area contributed by atoms with Crippen LogP contribution in [0.3, 0.4) is 0 Å². The molecule has 6 atom stereocenters. The Kier molecular flexibility index (Phi) is 4.19. The first-order chi connectivity index (χ1) is 15.5. The van der Waals surface area contributed by atoms with E-state index in [4.69, 9.17) is 4.74 Å². The van der Waals surface area contributed by atoms with Crippen LogP contribution in [0.15, 0.2) is 54.6 Å². The fraction of sp³-hybridized carbons (Fsp3) is 0.370. The van der Waals surface area contributed by atoms with Gasteiger partial charge in [0.1, 0.15) is 5.75 Å². The van der Waals surface area contributed by atoms with Crippen LogP contribution in [0.25, 0.3) is 0 Å². The lowest BCUT2D eigenvalue weighted by Crippen LogP contribution is -2.40. The summed E-state index contributed by atoms with van der Waals surface area (Å²) in [6.45, 7) is 3.82. The number of allylic oxidation sites excluding steroid dienone is 2. The van der Waals surface area contributed by atoms with Gasteiger partial charge in [-0.25, -0.2) is 4.90 Å². The number of hydrogen-bond acceptors (Lipinski definition) is 4. The number of ketones is 1. The van der Waals surface area contributed by atoms with Crippen LogP contribution in [0, 0.1) is 49.4 Å². The molecule has 0 unspecified atom stereocenters. The molecule has 1 saturated heterocycles. The Morgan fingerprint density at radius 2 is 1.59 bits per heavy atom. The molecule has 32 heavy (non-hydrogen) atoms. The van der Waals surface area contributed by atoms with Gasteiger partial charge in [-0.05, 0) is 73.3 Å². The number of hydrogen-bond donors (Lipinski definition) is 0. The summed E-state index contributed by atoms with van der Waals surface area (Å²) in [6.07, 6.45) is 5.47. The van der Waals surface area contributed by atoms with E-state index in [9.17, 15) is 14.4 Å². The number of rotatable bonds is 5. The monoisotopic (exact) mass is 427 g/mol. The van der Waals surface area contributed by atoms with E-state index < -0.39 is 0 Å². The molecule has 7 rings (SSSR count). The summed E-state index contributed by atoms with van der Waals surface area (Å²) < 4.78 is 5.87. The summed E-state index contributed by atoms with van der Waals surface area (Å²) in [5, 5.41) is 0. The average molecular weight is 428 g/mol.